The lowest BCUT2D eigenvalue weighted by Gasteiger charge is -2.45. The van der Waals surface area contributed by atoms with Crippen LogP contribution in [-0.2, 0) is 32.5 Å². The summed E-state index contributed by atoms with van der Waals surface area (Å²) in [6, 6.07) is 87.3. The third kappa shape index (κ3) is 10.2. The number of nitrogens with zero attached hydrogens (tertiary/aromatic N) is 4. The molecule has 11 aromatic carbocycles. The van der Waals surface area contributed by atoms with Gasteiger partial charge in [0.25, 0.3) is 6.71 Å². The van der Waals surface area contributed by atoms with Crippen molar-refractivity contribution < 1.29 is 0 Å². The molecule has 0 radical (unpaired) electrons. The minimum Gasteiger partial charge on any atom is -0.311 e. The number of rotatable bonds is 6. The average Bonchev–Trinajstić information content (AvgIpc) is 0.875. The lowest BCUT2D eigenvalue weighted by Crippen LogP contribution is -2.61. The highest BCUT2D eigenvalue weighted by atomic mass is 15.2. The van der Waals surface area contributed by atoms with E-state index >= 15 is 0 Å². The van der Waals surface area contributed by atoms with Crippen LogP contribution in [0.2, 0.25) is 0 Å². The quantitative estimate of drug-likeness (QED) is 0.154. The van der Waals surface area contributed by atoms with E-state index in [1.807, 2.05) is 0 Å². The van der Waals surface area contributed by atoms with Gasteiger partial charge in [0.05, 0.1) is 33.4 Å². The zero-order valence-electron chi connectivity index (χ0n) is 59.2. The summed E-state index contributed by atoms with van der Waals surface area (Å²) < 4.78 is 5.17. The van der Waals surface area contributed by atoms with Gasteiger partial charge in [0.2, 0.25) is 0 Å². The van der Waals surface area contributed by atoms with E-state index in [-0.39, 0.29) is 39.2 Å². The van der Waals surface area contributed by atoms with Crippen molar-refractivity contribution in [3.63, 3.8) is 0 Å². The Morgan fingerprint density at radius 1 is 0.263 bits per heavy atom. The van der Waals surface area contributed by atoms with Gasteiger partial charge in [-0.25, -0.2) is 0 Å². The number of hydrogen-bond acceptors (Lipinski definition) is 2. The summed E-state index contributed by atoms with van der Waals surface area (Å²) in [6.07, 6.45) is 0. The first-order valence-electron chi connectivity index (χ1n) is 34.5. The number of hydrogen-bond donors (Lipinski definition) is 0. The van der Waals surface area contributed by atoms with Gasteiger partial charge >= 0.3 is 0 Å². The minimum atomic E-state index is -0.211. The molecule has 4 heterocycles. The molecule has 0 fully saturated rings. The Kier molecular flexibility index (Phi) is 14.1. The van der Waals surface area contributed by atoms with Gasteiger partial charge in [-0.15, -0.1) is 0 Å². The molecule has 4 nitrogen and oxygen atoms in total. The molecule has 0 spiro atoms. The van der Waals surface area contributed by atoms with Crippen LogP contribution in [0.15, 0.2) is 224 Å². The second-order valence-corrected chi connectivity index (χ2v) is 33.5. The number of benzene rings is 11. The molecule has 0 unspecified atom stereocenters. The summed E-state index contributed by atoms with van der Waals surface area (Å²) in [4.78, 5) is 5.28. The van der Waals surface area contributed by atoms with Crippen LogP contribution in [0.25, 0.3) is 77.2 Å². The van der Waals surface area contributed by atoms with E-state index in [9.17, 15) is 0 Å². The molecule has 0 saturated heterocycles. The largest absolute Gasteiger partial charge is 0.311 e. The van der Waals surface area contributed by atoms with Crippen molar-refractivity contribution in [1.82, 2.24) is 9.13 Å². The lowest BCUT2D eigenvalue weighted by molar-refractivity contribution is 0.568. The van der Waals surface area contributed by atoms with Crippen LogP contribution < -0.4 is 26.2 Å². The van der Waals surface area contributed by atoms with Gasteiger partial charge in [0.1, 0.15) is 0 Å². The van der Waals surface area contributed by atoms with Crippen molar-refractivity contribution in [2.24, 2.45) is 0 Å². The van der Waals surface area contributed by atoms with Crippen LogP contribution in [0.5, 0.6) is 0 Å². The molecule has 0 aliphatic carbocycles. The Morgan fingerprint density at radius 3 is 0.958 bits per heavy atom. The summed E-state index contributed by atoms with van der Waals surface area (Å²) in [5.74, 6) is 0. The fraction of sp³-hybridized carbons (Fsp3) is 0.267. The first-order valence-corrected chi connectivity index (χ1v) is 34.5. The first-order chi connectivity index (χ1) is 44.9. The van der Waals surface area contributed by atoms with E-state index in [1.165, 1.54) is 138 Å². The molecule has 13 aromatic rings. The van der Waals surface area contributed by atoms with Gasteiger partial charge in [-0.2, -0.15) is 0 Å². The van der Waals surface area contributed by atoms with E-state index in [4.69, 9.17) is 0 Å². The van der Waals surface area contributed by atoms with Crippen molar-refractivity contribution >= 4 is 101 Å². The first kappa shape index (κ1) is 61.8. The van der Waals surface area contributed by atoms with Gasteiger partial charge in [0.15, 0.2) is 0 Å². The number of fused-ring (bicyclic) bond motifs is 10. The molecule has 2 aromatic heterocycles. The lowest BCUT2D eigenvalue weighted by atomic mass is 9.33. The molecule has 2 aliphatic heterocycles. The molecule has 95 heavy (non-hydrogen) atoms. The van der Waals surface area contributed by atoms with E-state index in [0.717, 1.165) is 22.7 Å². The topological polar surface area (TPSA) is 16.3 Å². The van der Waals surface area contributed by atoms with E-state index in [2.05, 4.69) is 368 Å². The van der Waals surface area contributed by atoms with Crippen LogP contribution in [0.4, 0.5) is 34.1 Å². The Labute approximate surface area is 565 Å². The predicted octanol–water partition coefficient (Wildman–Crippen LogP) is 23.1. The van der Waals surface area contributed by atoms with Gasteiger partial charge in [0, 0.05) is 66.8 Å². The predicted molar refractivity (Wildman–Crippen MR) is 412 cm³/mol. The summed E-state index contributed by atoms with van der Waals surface area (Å²) in [6.45, 7) is 42.2. The summed E-state index contributed by atoms with van der Waals surface area (Å²) in [5, 5.41) is 5.05. The van der Waals surface area contributed by atoms with Crippen LogP contribution in [0.3, 0.4) is 0 Å². The van der Waals surface area contributed by atoms with Crippen molar-refractivity contribution in [1.29, 1.82) is 0 Å². The minimum absolute atomic E-state index is 0.0770. The fourth-order valence-corrected chi connectivity index (χ4v) is 15.6. The second-order valence-electron chi connectivity index (χ2n) is 33.5. The highest BCUT2D eigenvalue weighted by Crippen LogP contribution is 2.51. The van der Waals surface area contributed by atoms with Crippen LogP contribution in [0.1, 0.15) is 158 Å². The molecule has 0 atom stereocenters. The number of anilines is 6. The van der Waals surface area contributed by atoms with Crippen molar-refractivity contribution in [2.45, 2.75) is 157 Å². The standard InChI is InChI=1S/C90H91BN4/c1-85(2,3)58-48-56(49-59(52-58)86(4,5)6)64-30-19-23-38-74(64)94-78-46-44-62(92-76-40-25-21-32-66(76)68-34-27-36-70(83(68)92)89(13,14)15)54-72(78)91-73-55-63(93-77-41-26-22-33-67(77)69-35-28-37-71(84(69)93)90(16,17)18)45-47-79(73)95(81-43-29-42-80(94)82(81)91)75-39-24-20-31-65(75)57-50-60(87(7,8)9)53-61(51-57)88(10,11)12/h19-55H,1-18H3. The van der Waals surface area contributed by atoms with Gasteiger partial charge in [-0.05, 0) is 166 Å². The van der Waals surface area contributed by atoms with Gasteiger partial charge in [-0.3, -0.25) is 0 Å². The van der Waals surface area contributed by atoms with Gasteiger partial charge < -0.3 is 18.9 Å². The monoisotopic (exact) mass is 1240 g/mol. The maximum absolute atomic E-state index is 2.64. The number of aromatic nitrogens is 2. The Balaban J connectivity index is 1.09. The molecule has 0 bridgehead atoms. The van der Waals surface area contributed by atoms with Crippen molar-refractivity contribution in [2.75, 3.05) is 9.80 Å². The summed E-state index contributed by atoms with van der Waals surface area (Å²) in [5.41, 5.74) is 30.2. The molecular formula is C90H91BN4. The smallest absolute Gasteiger partial charge is 0.252 e. The second kappa shape index (κ2) is 21.6. The average molecular weight is 1240 g/mol. The maximum atomic E-state index is 2.64. The summed E-state index contributed by atoms with van der Waals surface area (Å²) >= 11 is 0. The number of para-hydroxylation sites is 6. The van der Waals surface area contributed by atoms with E-state index in [1.54, 1.807) is 0 Å². The molecule has 0 saturated carbocycles. The normalized spacial score (nSPS) is 13.7. The molecule has 0 amide bonds. The zero-order valence-corrected chi connectivity index (χ0v) is 59.2. The van der Waals surface area contributed by atoms with E-state index < -0.39 is 0 Å². The maximum Gasteiger partial charge on any atom is 0.252 e. The van der Waals surface area contributed by atoms with Crippen LogP contribution in [0, 0.1) is 0 Å². The highest BCUT2D eigenvalue weighted by Gasteiger charge is 2.45. The SMILES string of the molecule is CC(C)(C)c1cc(-c2ccccc2N2c3ccc(-n4c5ccccc5c5cccc(C(C)(C)C)c54)cc3B3c4cc(-n5c6ccccc6c6cccc(C(C)(C)C)c65)ccc4N(c4ccccc4-c4cc(C(C)(C)C)cc(C(C)(C)C)c4)c4cccc2c43)cc(C(C)(C)C)c1. The Hall–Kier alpha value is -9.32. The molecule has 2 aliphatic rings. The third-order valence-corrected chi connectivity index (χ3v) is 20.7. The molecule has 474 valence electrons. The molecule has 0 N–H and O–H groups in total. The zero-order chi connectivity index (χ0) is 66.8. The molecular weight excluding hydrogens is 1150 g/mol. The fourth-order valence-electron chi connectivity index (χ4n) is 15.6. The summed E-state index contributed by atoms with van der Waals surface area (Å²) in [7, 11) is 0. The van der Waals surface area contributed by atoms with E-state index in [0.29, 0.717) is 0 Å². The Morgan fingerprint density at radius 2 is 0.589 bits per heavy atom. The van der Waals surface area contributed by atoms with Crippen LogP contribution in [-0.4, -0.2) is 15.8 Å². The van der Waals surface area contributed by atoms with Crippen LogP contribution >= 0.6 is 0 Å². The van der Waals surface area contributed by atoms with Crippen molar-refractivity contribution in [3.05, 3.63) is 258 Å². The third-order valence-electron chi connectivity index (χ3n) is 20.7. The van der Waals surface area contributed by atoms with Gasteiger partial charge in [-0.1, -0.05) is 276 Å². The molecule has 15 rings (SSSR count). The van der Waals surface area contributed by atoms with Crippen molar-refractivity contribution in [3.8, 4) is 33.6 Å². The molecule has 5 heteroatoms. The Bertz CT molecular complexity index is 4880. The highest BCUT2D eigenvalue weighted by molar-refractivity contribution is 7.00.